The van der Waals surface area contributed by atoms with Gasteiger partial charge in [-0.25, -0.2) is 12.8 Å². The third kappa shape index (κ3) is 5.85. The minimum absolute atomic E-state index is 0.197. The zero-order chi connectivity index (χ0) is 20.7. The van der Waals surface area contributed by atoms with Crippen LogP contribution in [0, 0.1) is 5.82 Å². The molecule has 0 radical (unpaired) electrons. The second-order valence-electron chi connectivity index (χ2n) is 6.60. The lowest BCUT2D eigenvalue weighted by Crippen LogP contribution is -3.08. The summed E-state index contributed by atoms with van der Waals surface area (Å²) in [6.07, 6.45) is 0. The Morgan fingerprint density at radius 1 is 1.11 bits per heavy atom. The van der Waals surface area contributed by atoms with Crippen LogP contribution in [-0.4, -0.2) is 45.3 Å². The lowest BCUT2D eigenvalue weighted by atomic mass is 10.2. The molecule has 0 bridgehead atoms. The number of likely N-dealkylation sites (N-methyl/N-ethyl adjacent to an activating group) is 1. The standard InChI is InChI=1S/C20H26FN3O3S/c1-4-24(5-2)28(26,27)19-11-9-18(10-12-19)22-20(25)15-23(3)14-16-7-6-8-17(21)13-16/h6-13H,4-5,14-15H2,1-3H3,(H,22,25)/p+1. The number of carbonyl (C=O) groups excluding carboxylic acids is 1. The number of anilines is 1. The van der Waals surface area contributed by atoms with Gasteiger partial charge in [0.15, 0.2) is 6.54 Å². The molecule has 0 aliphatic heterocycles. The Hall–Kier alpha value is -2.29. The SMILES string of the molecule is CCN(CC)S(=O)(=O)c1ccc(NC(=O)C[NH+](C)Cc2cccc(F)c2)cc1. The number of rotatable bonds is 9. The van der Waals surface area contributed by atoms with Gasteiger partial charge in [-0.05, 0) is 36.4 Å². The molecule has 0 aliphatic rings. The Labute approximate surface area is 166 Å². The van der Waals surface area contributed by atoms with Gasteiger partial charge in [-0.15, -0.1) is 0 Å². The van der Waals surface area contributed by atoms with Crippen molar-refractivity contribution in [3.8, 4) is 0 Å². The summed E-state index contributed by atoms with van der Waals surface area (Å²) >= 11 is 0. The third-order valence-corrected chi connectivity index (χ3v) is 6.40. The molecule has 1 unspecified atom stereocenters. The van der Waals surface area contributed by atoms with E-state index in [1.807, 2.05) is 13.1 Å². The molecule has 152 valence electrons. The number of hydrogen-bond acceptors (Lipinski definition) is 3. The Bertz CT molecular complexity index is 897. The molecule has 2 aromatic carbocycles. The number of amides is 1. The van der Waals surface area contributed by atoms with Crippen LogP contribution in [0.5, 0.6) is 0 Å². The van der Waals surface area contributed by atoms with Gasteiger partial charge in [-0.2, -0.15) is 4.31 Å². The predicted molar refractivity (Wildman–Crippen MR) is 107 cm³/mol. The second-order valence-corrected chi connectivity index (χ2v) is 8.54. The molecule has 1 amide bonds. The van der Waals surface area contributed by atoms with Crippen LogP contribution < -0.4 is 10.2 Å². The predicted octanol–water partition coefficient (Wildman–Crippen LogP) is 1.51. The van der Waals surface area contributed by atoms with Gasteiger partial charge >= 0.3 is 0 Å². The van der Waals surface area contributed by atoms with Crippen molar-refractivity contribution in [3.63, 3.8) is 0 Å². The van der Waals surface area contributed by atoms with Crippen molar-refractivity contribution in [1.82, 2.24) is 4.31 Å². The average molecular weight is 409 g/mol. The van der Waals surface area contributed by atoms with E-state index in [4.69, 9.17) is 0 Å². The molecule has 6 nitrogen and oxygen atoms in total. The van der Waals surface area contributed by atoms with Gasteiger partial charge in [0, 0.05) is 24.3 Å². The van der Waals surface area contributed by atoms with E-state index in [-0.39, 0.29) is 23.2 Å². The van der Waals surface area contributed by atoms with Crippen molar-refractivity contribution in [2.45, 2.75) is 25.3 Å². The molecular formula is C20H27FN3O3S+. The normalized spacial score (nSPS) is 12.8. The fraction of sp³-hybridized carbons (Fsp3) is 0.350. The minimum Gasteiger partial charge on any atom is -0.326 e. The van der Waals surface area contributed by atoms with Crippen molar-refractivity contribution in [1.29, 1.82) is 0 Å². The number of halogens is 1. The Morgan fingerprint density at radius 2 is 1.75 bits per heavy atom. The summed E-state index contributed by atoms with van der Waals surface area (Å²) in [5, 5.41) is 2.76. The van der Waals surface area contributed by atoms with E-state index in [9.17, 15) is 17.6 Å². The molecule has 2 aromatic rings. The highest BCUT2D eigenvalue weighted by Crippen LogP contribution is 2.18. The van der Waals surface area contributed by atoms with E-state index in [0.29, 0.717) is 25.3 Å². The zero-order valence-corrected chi connectivity index (χ0v) is 17.2. The molecule has 2 rings (SSSR count). The second kappa shape index (κ2) is 9.77. The number of hydrogen-bond donors (Lipinski definition) is 2. The maximum Gasteiger partial charge on any atom is 0.279 e. The van der Waals surface area contributed by atoms with Crippen LogP contribution in [0.1, 0.15) is 19.4 Å². The van der Waals surface area contributed by atoms with E-state index in [0.717, 1.165) is 10.5 Å². The number of benzene rings is 2. The Morgan fingerprint density at radius 3 is 2.32 bits per heavy atom. The lowest BCUT2D eigenvalue weighted by molar-refractivity contribution is -0.885. The van der Waals surface area contributed by atoms with E-state index in [1.54, 1.807) is 32.0 Å². The van der Waals surface area contributed by atoms with Crippen molar-refractivity contribution < 1.29 is 22.5 Å². The number of nitrogens with one attached hydrogen (secondary N) is 2. The van der Waals surface area contributed by atoms with Crippen molar-refractivity contribution >= 4 is 21.6 Å². The van der Waals surface area contributed by atoms with Gasteiger partial charge < -0.3 is 10.2 Å². The molecular weight excluding hydrogens is 381 g/mol. The summed E-state index contributed by atoms with van der Waals surface area (Å²) in [7, 11) is -1.67. The summed E-state index contributed by atoms with van der Waals surface area (Å²) in [4.78, 5) is 13.3. The van der Waals surface area contributed by atoms with Gasteiger partial charge in [0.25, 0.3) is 5.91 Å². The summed E-state index contributed by atoms with van der Waals surface area (Å²) in [5.74, 6) is -0.497. The lowest BCUT2D eigenvalue weighted by Gasteiger charge is -2.18. The Balaban J connectivity index is 1.95. The molecule has 0 heterocycles. The van der Waals surface area contributed by atoms with E-state index in [1.165, 1.54) is 28.6 Å². The van der Waals surface area contributed by atoms with Crippen LogP contribution >= 0.6 is 0 Å². The van der Waals surface area contributed by atoms with Gasteiger partial charge in [0.2, 0.25) is 10.0 Å². The molecule has 8 heteroatoms. The van der Waals surface area contributed by atoms with Crippen molar-refractivity contribution in [2.24, 2.45) is 0 Å². The smallest absolute Gasteiger partial charge is 0.279 e. The molecule has 0 saturated heterocycles. The van der Waals surface area contributed by atoms with Crippen LogP contribution in [0.4, 0.5) is 10.1 Å². The highest BCUT2D eigenvalue weighted by molar-refractivity contribution is 7.89. The summed E-state index contributed by atoms with van der Waals surface area (Å²) in [5.41, 5.74) is 1.35. The monoisotopic (exact) mass is 408 g/mol. The fourth-order valence-corrected chi connectivity index (χ4v) is 4.42. The molecule has 28 heavy (non-hydrogen) atoms. The largest absolute Gasteiger partial charge is 0.326 e. The average Bonchev–Trinajstić information content (AvgIpc) is 2.62. The molecule has 0 aliphatic carbocycles. The summed E-state index contributed by atoms with van der Waals surface area (Å²) in [6.45, 7) is 5.11. The quantitative estimate of drug-likeness (QED) is 0.661. The molecule has 0 aromatic heterocycles. The molecule has 0 spiro atoms. The highest BCUT2D eigenvalue weighted by Gasteiger charge is 2.21. The van der Waals surface area contributed by atoms with Crippen molar-refractivity contribution in [2.75, 3.05) is 32.0 Å². The van der Waals surface area contributed by atoms with E-state index < -0.39 is 10.0 Å². The van der Waals surface area contributed by atoms with Gasteiger partial charge in [0.1, 0.15) is 12.4 Å². The van der Waals surface area contributed by atoms with Crippen LogP contribution in [0.3, 0.4) is 0 Å². The molecule has 0 fully saturated rings. The fourth-order valence-electron chi connectivity index (χ4n) is 2.96. The van der Waals surface area contributed by atoms with Crippen molar-refractivity contribution in [3.05, 3.63) is 59.9 Å². The Kier molecular flexibility index (Phi) is 7.68. The van der Waals surface area contributed by atoms with Gasteiger partial charge in [-0.3, -0.25) is 4.79 Å². The number of sulfonamides is 1. The maximum absolute atomic E-state index is 13.2. The molecule has 1 atom stereocenters. The number of carbonyl (C=O) groups is 1. The third-order valence-electron chi connectivity index (χ3n) is 4.34. The first kappa shape index (κ1) is 22.0. The van der Waals surface area contributed by atoms with E-state index >= 15 is 0 Å². The molecule has 2 N–H and O–H groups in total. The summed E-state index contributed by atoms with van der Waals surface area (Å²) in [6, 6.07) is 12.4. The topological polar surface area (TPSA) is 70.9 Å². The number of nitrogens with zero attached hydrogens (tertiary/aromatic N) is 1. The van der Waals surface area contributed by atoms with Crippen LogP contribution in [0.25, 0.3) is 0 Å². The zero-order valence-electron chi connectivity index (χ0n) is 16.4. The maximum atomic E-state index is 13.2. The number of quaternary nitrogens is 1. The van der Waals surface area contributed by atoms with E-state index in [2.05, 4.69) is 5.32 Å². The van der Waals surface area contributed by atoms with Crippen LogP contribution in [0.2, 0.25) is 0 Å². The van der Waals surface area contributed by atoms with Gasteiger partial charge in [-0.1, -0.05) is 26.0 Å². The minimum atomic E-state index is -3.52. The first-order valence-corrected chi connectivity index (χ1v) is 10.7. The van der Waals surface area contributed by atoms with Crippen LogP contribution in [-0.2, 0) is 21.4 Å². The summed E-state index contributed by atoms with van der Waals surface area (Å²) < 4.78 is 39.6. The first-order valence-electron chi connectivity index (χ1n) is 9.22. The molecule has 0 saturated carbocycles. The highest BCUT2D eigenvalue weighted by atomic mass is 32.2. The van der Waals surface area contributed by atoms with Gasteiger partial charge in [0.05, 0.1) is 11.9 Å². The van der Waals surface area contributed by atoms with Crippen LogP contribution in [0.15, 0.2) is 53.4 Å². The first-order chi connectivity index (χ1) is 13.3.